The SMILES string of the molecule is COc1cccc(CC(=O)Nc2ccc(CCc3nc4ccccc4[nH]3)cc2)c1. The number of para-hydroxylation sites is 2. The summed E-state index contributed by atoms with van der Waals surface area (Å²) in [6, 6.07) is 23.6. The monoisotopic (exact) mass is 385 g/mol. The maximum absolute atomic E-state index is 12.3. The molecule has 0 atom stereocenters. The molecule has 4 aromatic rings. The number of aromatic nitrogens is 2. The number of nitrogens with one attached hydrogen (secondary N) is 2. The molecular weight excluding hydrogens is 362 g/mol. The second-order valence-electron chi connectivity index (χ2n) is 6.97. The fraction of sp³-hybridized carbons (Fsp3) is 0.167. The summed E-state index contributed by atoms with van der Waals surface area (Å²) < 4.78 is 5.20. The molecule has 0 bridgehead atoms. The van der Waals surface area contributed by atoms with Crippen molar-refractivity contribution in [3.63, 3.8) is 0 Å². The van der Waals surface area contributed by atoms with Gasteiger partial charge in [0.05, 0.1) is 24.6 Å². The minimum atomic E-state index is -0.0479. The zero-order chi connectivity index (χ0) is 20.1. The van der Waals surface area contributed by atoms with Crippen LogP contribution >= 0.6 is 0 Å². The number of aromatic amines is 1. The molecular formula is C24H23N3O2. The van der Waals surface area contributed by atoms with Gasteiger partial charge in [-0.2, -0.15) is 0 Å². The maximum Gasteiger partial charge on any atom is 0.228 e. The van der Waals surface area contributed by atoms with Crippen LogP contribution in [0.1, 0.15) is 17.0 Å². The average molecular weight is 385 g/mol. The number of anilines is 1. The Hall–Kier alpha value is -3.60. The summed E-state index contributed by atoms with van der Waals surface area (Å²) in [5, 5.41) is 2.95. The van der Waals surface area contributed by atoms with Gasteiger partial charge < -0.3 is 15.0 Å². The highest BCUT2D eigenvalue weighted by Crippen LogP contribution is 2.16. The molecule has 0 radical (unpaired) electrons. The molecule has 1 aromatic heterocycles. The third-order valence-electron chi connectivity index (χ3n) is 4.83. The smallest absolute Gasteiger partial charge is 0.228 e. The Morgan fingerprint density at radius 1 is 0.966 bits per heavy atom. The van der Waals surface area contributed by atoms with Crippen molar-refractivity contribution in [3.05, 3.63) is 89.7 Å². The fourth-order valence-electron chi connectivity index (χ4n) is 3.31. The van der Waals surface area contributed by atoms with E-state index in [-0.39, 0.29) is 5.91 Å². The molecule has 1 amide bonds. The van der Waals surface area contributed by atoms with E-state index >= 15 is 0 Å². The van der Waals surface area contributed by atoms with Gasteiger partial charge >= 0.3 is 0 Å². The molecule has 5 heteroatoms. The number of hydrogen-bond acceptors (Lipinski definition) is 3. The number of fused-ring (bicyclic) bond motifs is 1. The van der Waals surface area contributed by atoms with Gasteiger partial charge in [-0.1, -0.05) is 36.4 Å². The van der Waals surface area contributed by atoms with E-state index in [1.165, 1.54) is 5.56 Å². The highest BCUT2D eigenvalue weighted by atomic mass is 16.5. The summed E-state index contributed by atoms with van der Waals surface area (Å²) in [6.07, 6.45) is 2.04. The lowest BCUT2D eigenvalue weighted by Crippen LogP contribution is -2.14. The van der Waals surface area contributed by atoms with Crippen LogP contribution in [0.3, 0.4) is 0 Å². The summed E-state index contributed by atoms with van der Waals surface area (Å²) in [4.78, 5) is 20.3. The number of rotatable bonds is 7. The Labute approximate surface area is 169 Å². The Balaban J connectivity index is 1.31. The predicted molar refractivity (Wildman–Crippen MR) is 115 cm³/mol. The number of carbonyl (C=O) groups is 1. The molecule has 0 aliphatic heterocycles. The van der Waals surface area contributed by atoms with Crippen LogP contribution in [0.5, 0.6) is 5.75 Å². The Morgan fingerprint density at radius 2 is 1.79 bits per heavy atom. The summed E-state index contributed by atoms with van der Waals surface area (Å²) in [5.74, 6) is 1.69. The number of benzene rings is 3. The molecule has 4 rings (SSSR count). The normalized spacial score (nSPS) is 10.8. The van der Waals surface area contributed by atoms with Crippen molar-refractivity contribution < 1.29 is 9.53 Å². The van der Waals surface area contributed by atoms with Crippen LogP contribution in [0.2, 0.25) is 0 Å². The molecule has 0 spiro atoms. The largest absolute Gasteiger partial charge is 0.497 e. The van der Waals surface area contributed by atoms with Crippen LogP contribution in [-0.4, -0.2) is 23.0 Å². The van der Waals surface area contributed by atoms with E-state index in [0.29, 0.717) is 6.42 Å². The summed E-state index contributed by atoms with van der Waals surface area (Å²) >= 11 is 0. The number of H-pyrrole nitrogens is 1. The number of carbonyl (C=O) groups excluding carboxylic acids is 1. The van der Waals surface area contributed by atoms with E-state index in [1.807, 2.05) is 72.8 Å². The third-order valence-corrected chi connectivity index (χ3v) is 4.83. The summed E-state index contributed by atoms with van der Waals surface area (Å²) in [5.41, 5.74) is 4.99. The number of methoxy groups -OCH3 is 1. The summed E-state index contributed by atoms with van der Waals surface area (Å²) in [7, 11) is 1.62. The molecule has 0 aliphatic carbocycles. The van der Waals surface area contributed by atoms with Gasteiger partial charge in [0.25, 0.3) is 0 Å². The lowest BCUT2D eigenvalue weighted by molar-refractivity contribution is -0.115. The van der Waals surface area contributed by atoms with Crippen molar-refractivity contribution in [2.75, 3.05) is 12.4 Å². The van der Waals surface area contributed by atoms with Crippen molar-refractivity contribution in [2.45, 2.75) is 19.3 Å². The van der Waals surface area contributed by atoms with Gasteiger partial charge in [-0.25, -0.2) is 4.98 Å². The van der Waals surface area contributed by atoms with E-state index in [1.54, 1.807) is 7.11 Å². The minimum Gasteiger partial charge on any atom is -0.497 e. The van der Waals surface area contributed by atoms with Crippen molar-refractivity contribution in [1.29, 1.82) is 0 Å². The number of aryl methyl sites for hydroxylation is 2. The lowest BCUT2D eigenvalue weighted by atomic mass is 10.1. The van der Waals surface area contributed by atoms with Gasteiger partial charge in [0.15, 0.2) is 0 Å². The Kier molecular flexibility index (Phi) is 5.56. The molecule has 2 N–H and O–H groups in total. The van der Waals surface area contributed by atoms with Crippen molar-refractivity contribution >= 4 is 22.6 Å². The van der Waals surface area contributed by atoms with Gasteiger partial charge in [0.2, 0.25) is 5.91 Å². The third kappa shape index (κ3) is 4.82. The standard InChI is InChI=1S/C24H23N3O2/c1-29-20-6-4-5-18(15-20)16-24(28)25-19-12-9-17(10-13-19)11-14-23-26-21-7-2-3-8-22(21)27-23/h2-10,12-13,15H,11,14,16H2,1H3,(H,25,28)(H,26,27). The molecule has 0 saturated heterocycles. The van der Waals surface area contributed by atoms with Crippen LogP contribution in [0, 0.1) is 0 Å². The molecule has 3 aromatic carbocycles. The van der Waals surface area contributed by atoms with Gasteiger partial charge in [-0.3, -0.25) is 4.79 Å². The molecule has 0 unspecified atom stereocenters. The Bertz CT molecular complexity index is 1080. The molecule has 5 nitrogen and oxygen atoms in total. The highest BCUT2D eigenvalue weighted by molar-refractivity contribution is 5.92. The topological polar surface area (TPSA) is 67.0 Å². The van der Waals surface area contributed by atoms with E-state index < -0.39 is 0 Å². The van der Waals surface area contributed by atoms with E-state index in [0.717, 1.165) is 46.7 Å². The predicted octanol–water partition coefficient (Wildman–Crippen LogP) is 4.54. The minimum absolute atomic E-state index is 0.0479. The first-order valence-electron chi connectivity index (χ1n) is 9.65. The zero-order valence-electron chi connectivity index (χ0n) is 16.3. The summed E-state index contributed by atoms with van der Waals surface area (Å²) in [6.45, 7) is 0. The molecule has 0 aliphatic rings. The first kappa shape index (κ1) is 18.7. The second kappa shape index (κ2) is 8.61. The van der Waals surface area contributed by atoms with Gasteiger partial charge in [-0.15, -0.1) is 0 Å². The molecule has 0 fully saturated rings. The maximum atomic E-state index is 12.3. The number of imidazole rings is 1. The van der Waals surface area contributed by atoms with Gasteiger partial charge in [-0.05, 0) is 53.9 Å². The van der Waals surface area contributed by atoms with E-state index in [4.69, 9.17) is 4.74 Å². The number of amides is 1. The van der Waals surface area contributed by atoms with Crippen LogP contribution in [0.4, 0.5) is 5.69 Å². The van der Waals surface area contributed by atoms with Crippen molar-refractivity contribution in [2.24, 2.45) is 0 Å². The van der Waals surface area contributed by atoms with Crippen LogP contribution in [0.15, 0.2) is 72.8 Å². The molecule has 1 heterocycles. The van der Waals surface area contributed by atoms with E-state index in [9.17, 15) is 4.79 Å². The Morgan fingerprint density at radius 3 is 2.59 bits per heavy atom. The van der Waals surface area contributed by atoms with Crippen LogP contribution in [-0.2, 0) is 24.1 Å². The first-order valence-corrected chi connectivity index (χ1v) is 9.65. The fourth-order valence-corrected chi connectivity index (χ4v) is 3.31. The number of ether oxygens (including phenoxy) is 1. The molecule has 29 heavy (non-hydrogen) atoms. The number of nitrogens with zero attached hydrogens (tertiary/aromatic N) is 1. The van der Waals surface area contributed by atoms with Gasteiger partial charge in [0, 0.05) is 12.1 Å². The molecule has 146 valence electrons. The average Bonchev–Trinajstić information content (AvgIpc) is 3.16. The van der Waals surface area contributed by atoms with E-state index in [2.05, 4.69) is 15.3 Å². The lowest BCUT2D eigenvalue weighted by Gasteiger charge is -2.08. The van der Waals surface area contributed by atoms with Gasteiger partial charge in [0.1, 0.15) is 11.6 Å². The van der Waals surface area contributed by atoms with Crippen LogP contribution in [0.25, 0.3) is 11.0 Å². The van der Waals surface area contributed by atoms with Crippen molar-refractivity contribution in [1.82, 2.24) is 9.97 Å². The quantitative estimate of drug-likeness (QED) is 0.491. The van der Waals surface area contributed by atoms with Crippen molar-refractivity contribution in [3.8, 4) is 5.75 Å². The molecule has 0 saturated carbocycles. The highest BCUT2D eigenvalue weighted by Gasteiger charge is 2.06. The first-order chi connectivity index (χ1) is 14.2. The second-order valence-corrected chi connectivity index (χ2v) is 6.97. The van der Waals surface area contributed by atoms with Crippen LogP contribution < -0.4 is 10.1 Å². The zero-order valence-corrected chi connectivity index (χ0v) is 16.3. The number of hydrogen-bond donors (Lipinski definition) is 2.